The van der Waals surface area contributed by atoms with Crippen LogP contribution in [0.15, 0.2) is 48.8 Å². The van der Waals surface area contributed by atoms with Gasteiger partial charge in [0.15, 0.2) is 0 Å². The van der Waals surface area contributed by atoms with Gasteiger partial charge in [-0.3, -0.25) is 10.8 Å². The number of nitrogens with two attached hydrogens (primary N) is 1. The van der Waals surface area contributed by atoms with Crippen LogP contribution in [0.3, 0.4) is 0 Å². The number of hydrogen-bond acceptors (Lipinski definition) is 4. The number of hydrazine groups is 1. The summed E-state index contributed by atoms with van der Waals surface area (Å²) in [5.74, 6) is 5.82. The molecule has 0 aliphatic carbocycles. The highest BCUT2D eigenvalue weighted by atomic mass is 32.1. The molecule has 1 unspecified atom stereocenters. The molecule has 0 aliphatic rings. The van der Waals surface area contributed by atoms with E-state index in [0.29, 0.717) is 0 Å². The van der Waals surface area contributed by atoms with Crippen LogP contribution < -0.4 is 11.3 Å². The molecule has 0 amide bonds. The predicted molar refractivity (Wildman–Crippen MR) is 84.6 cm³/mol. The Bertz CT molecular complexity index is 715. The van der Waals surface area contributed by atoms with Crippen LogP contribution in [0.1, 0.15) is 28.3 Å². The standard InChI is InChI=1S/C16H17N3S/c1-2-12-6-7-15(20-12)16(19-17)14-5-3-4-11-10-18-9-8-13(11)14/h3-10,16,19H,2,17H2,1H3. The van der Waals surface area contributed by atoms with Crippen molar-refractivity contribution in [1.29, 1.82) is 0 Å². The fraction of sp³-hybridized carbons (Fsp3) is 0.188. The first kappa shape index (κ1) is 13.2. The third-order valence-electron chi connectivity index (χ3n) is 3.51. The van der Waals surface area contributed by atoms with E-state index in [1.54, 1.807) is 0 Å². The number of rotatable bonds is 4. The lowest BCUT2D eigenvalue weighted by Gasteiger charge is -2.17. The SMILES string of the molecule is CCc1ccc(C(NN)c2cccc3cnccc23)s1. The average molecular weight is 283 g/mol. The van der Waals surface area contributed by atoms with Crippen LogP contribution in [-0.2, 0) is 6.42 Å². The highest BCUT2D eigenvalue weighted by Crippen LogP contribution is 2.32. The van der Waals surface area contributed by atoms with Gasteiger partial charge in [-0.1, -0.05) is 25.1 Å². The van der Waals surface area contributed by atoms with E-state index >= 15 is 0 Å². The van der Waals surface area contributed by atoms with Gasteiger partial charge in [0.05, 0.1) is 6.04 Å². The largest absolute Gasteiger partial charge is 0.271 e. The van der Waals surface area contributed by atoms with E-state index in [-0.39, 0.29) is 6.04 Å². The molecule has 3 nitrogen and oxygen atoms in total. The van der Waals surface area contributed by atoms with Gasteiger partial charge < -0.3 is 0 Å². The summed E-state index contributed by atoms with van der Waals surface area (Å²) in [5, 5.41) is 2.33. The number of nitrogens with one attached hydrogen (secondary N) is 1. The lowest BCUT2D eigenvalue weighted by molar-refractivity contribution is 0.650. The molecule has 102 valence electrons. The van der Waals surface area contributed by atoms with E-state index in [0.717, 1.165) is 11.8 Å². The van der Waals surface area contributed by atoms with Crippen molar-refractivity contribution >= 4 is 22.1 Å². The van der Waals surface area contributed by atoms with E-state index < -0.39 is 0 Å². The number of benzene rings is 1. The van der Waals surface area contributed by atoms with Crippen LogP contribution in [0.25, 0.3) is 10.8 Å². The number of aryl methyl sites for hydroxylation is 1. The topological polar surface area (TPSA) is 50.9 Å². The number of nitrogens with zero attached hydrogens (tertiary/aromatic N) is 1. The van der Waals surface area contributed by atoms with Crippen LogP contribution in [0.2, 0.25) is 0 Å². The Hall–Kier alpha value is -1.75. The summed E-state index contributed by atoms with van der Waals surface area (Å²) in [6.07, 6.45) is 4.77. The number of hydrogen-bond donors (Lipinski definition) is 2. The van der Waals surface area contributed by atoms with E-state index in [1.807, 2.05) is 29.8 Å². The molecule has 0 fully saturated rings. The number of aromatic nitrogens is 1. The van der Waals surface area contributed by atoms with Crippen molar-refractivity contribution < 1.29 is 0 Å². The van der Waals surface area contributed by atoms with Gasteiger partial charge in [-0.25, -0.2) is 5.43 Å². The lowest BCUT2D eigenvalue weighted by Crippen LogP contribution is -2.28. The van der Waals surface area contributed by atoms with Crippen molar-refractivity contribution in [3.05, 3.63) is 64.1 Å². The Labute approximate surface area is 122 Å². The fourth-order valence-corrected chi connectivity index (χ4v) is 3.50. The smallest absolute Gasteiger partial charge is 0.0808 e. The van der Waals surface area contributed by atoms with Crippen molar-refractivity contribution in [2.75, 3.05) is 0 Å². The quantitative estimate of drug-likeness (QED) is 0.570. The summed E-state index contributed by atoms with van der Waals surface area (Å²) >= 11 is 1.81. The zero-order valence-electron chi connectivity index (χ0n) is 11.3. The first-order valence-corrected chi connectivity index (χ1v) is 7.52. The van der Waals surface area contributed by atoms with Crippen LogP contribution >= 0.6 is 11.3 Å². The molecule has 0 aliphatic heterocycles. The molecule has 4 heteroatoms. The molecule has 2 heterocycles. The molecular weight excluding hydrogens is 266 g/mol. The summed E-state index contributed by atoms with van der Waals surface area (Å²) in [7, 11) is 0. The maximum Gasteiger partial charge on any atom is 0.0808 e. The van der Waals surface area contributed by atoms with E-state index in [1.165, 1.54) is 20.7 Å². The summed E-state index contributed by atoms with van der Waals surface area (Å²) in [6.45, 7) is 2.17. The zero-order valence-corrected chi connectivity index (χ0v) is 12.2. The fourth-order valence-electron chi connectivity index (χ4n) is 2.46. The molecule has 0 spiro atoms. The number of thiophene rings is 1. The lowest BCUT2D eigenvalue weighted by atomic mass is 9.99. The Morgan fingerprint density at radius 3 is 2.90 bits per heavy atom. The predicted octanol–water partition coefficient (Wildman–Crippen LogP) is 3.41. The number of fused-ring (bicyclic) bond motifs is 1. The average Bonchev–Trinajstić information content (AvgIpc) is 2.97. The molecule has 3 aromatic rings. The van der Waals surface area contributed by atoms with Crippen LogP contribution in [0, 0.1) is 0 Å². The Kier molecular flexibility index (Phi) is 3.78. The third kappa shape index (κ3) is 2.33. The molecule has 1 aromatic carbocycles. The van der Waals surface area contributed by atoms with Crippen molar-refractivity contribution in [2.45, 2.75) is 19.4 Å². The second-order valence-electron chi connectivity index (χ2n) is 4.70. The Morgan fingerprint density at radius 1 is 1.25 bits per heavy atom. The summed E-state index contributed by atoms with van der Waals surface area (Å²) < 4.78 is 0. The zero-order chi connectivity index (χ0) is 13.9. The first-order chi connectivity index (χ1) is 9.83. The van der Waals surface area contributed by atoms with Gasteiger partial charge in [-0.2, -0.15) is 0 Å². The Morgan fingerprint density at radius 2 is 2.15 bits per heavy atom. The number of pyridine rings is 1. The summed E-state index contributed by atoms with van der Waals surface area (Å²) in [6, 6.07) is 12.7. The van der Waals surface area contributed by atoms with Crippen molar-refractivity contribution in [2.24, 2.45) is 5.84 Å². The van der Waals surface area contributed by atoms with Gasteiger partial charge in [0.2, 0.25) is 0 Å². The normalized spacial score (nSPS) is 12.7. The van der Waals surface area contributed by atoms with Crippen molar-refractivity contribution in [1.82, 2.24) is 10.4 Å². The van der Waals surface area contributed by atoms with Gasteiger partial charge >= 0.3 is 0 Å². The molecule has 3 rings (SSSR count). The second kappa shape index (κ2) is 5.71. The summed E-state index contributed by atoms with van der Waals surface area (Å²) in [4.78, 5) is 6.80. The molecular formula is C16H17N3S. The highest BCUT2D eigenvalue weighted by Gasteiger charge is 2.16. The Balaban J connectivity index is 2.11. The molecule has 1 atom stereocenters. The maximum atomic E-state index is 5.82. The highest BCUT2D eigenvalue weighted by molar-refractivity contribution is 7.12. The second-order valence-corrected chi connectivity index (χ2v) is 5.90. The molecule has 3 N–H and O–H groups in total. The third-order valence-corrected chi connectivity index (χ3v) is 4.80. The monoisotopic (exact) mass is 283 g/mol. The van der Waals surface area contributed by atoms with E-state index in [4.69, 9.17) is 5.84 Å². The van der Waals surface area contributed by atoms with Gasteiger partial charge in [-0.15, -0.1) is 11.3 Å². The minimum Gasteiger partial charge on any atom is -0.271 e. The van der Waals surface area contributed by atoms with E-state index in [9.17, 15) is 0 Å². The summed E-state index contributed by atoms with van der Waals surface area (Å²) in [5.41, 5.74) is 4.15. The minimum absolute atomic E-state index is 0.0198. The molecule has 0 bridgehead atoms. The van der Waals surface area contributed by atoms with Crippen LogP contribution in [0.4, 0.5) is 0 Å². The van der Waals surface area contributed by atoms with E-state index in [2.05, 4.69) is 47.7 Å². The van der Waals surface area contributed by atoms with Crippen LogP contribution in [0.5, 0.6) is 0 Å². The van der Waals surface area contributed by atoms with Crippen molar-refractivity contribution in [3.63, 3.8) is 0 Å². The van der Waals surface area contributed by atoms with Gasteiger partial charge in [-0.05, 0) is 35.6 Å². The molecule has 0 saturated heterocycles. The van der Waals surface area contributed by atoms with Crippen molar-refractivity contribution in [3.8, 4) is 0 Å². The minimum atomic E-state index is 0.0198. The maximum absolute atomic E-state index is 5.82. The first-order valence-electron chi connectivity index (χ1n) is 6.71. The van der Waals surface area contributed by atoms with Gasteiger partial charge in [0, 0.05) is 27.5 Å². The van der Waals surface area contributed by atoms with Gasteiger partial charge in [0.25, 0.3) is 0 Å². The van der Waals surface area contributed by atoms with Crippen LogP contribution in [-0.4, -0.2) is 4.98 Å². The molecule has 0 saturated carbocycles. The molecule has 20 heavy (non-hydrogen) atoms. The molecule has 2 aromatic heterocycles. The van der Waals surface area contributed by atoms with Gasteiger partial charge in [0.1, 0.15) is 0 Å². The molecule has 0 radical (unpaired) electrons.